The van der Waals surface area contributed by atoms with Crippen LogP contribution in [0.25, 0.3) is 0 Å². The molecule has 0 fully saturated rings. The van der Waals surface area contributed by atoms with Crippen LogP contribution in [0.1, 0.15) is 20.7 Å². The molecule has 2 rings (SSSR count). The largest absolute Gasteiger partial charge is 0.485 e. The zero-order chi connectivity index (χ0) is 14.5. The fourth-order valence-electron chi connectivity index (χ4n) is 1.63. The summed E-state index contributed by atoms with van der Waals surface area (Å²) in [7, 11) is 0. The topological polar surface area (TPSA) is 43.4 Å². The van der Waals surface area contributed by atoms with Crippen LogP contribution in [0.2, 0.25) is 0 Å². The van der Waals surface area contributed by atoms with Crippen molar-refractivity contribution in [2.75, 3.05) is 6.61 Å². The molecule has 2 aromatic carbocycles. The smallest absolute Gasteiger partial charge is 0.200 e. The Morgan fingerprint density at radius 1 is 1.10 bits per heavy atom. The number of halogens is 2. The van der Waals surface area contributed by atoms with Crippen molar-refractivity contribution in [3.8, 4) is 5.75 Å². The predicted octanol–water partition coefficient (Wildman–Crippen LogP) is 3.04. The molecule has 0 amide bonds. The van der Waals surface area contributed by atoms with Gasteiger partial charge in [-0.2, -0.15) is 0 Å². The molecule has 0 N–H and O–H groups in total. The molecular weight excluding hydrogens is 266 g/mol. The van der Waals surface area contributed by atoms with E-state index in [4.69, 9.17) is 4.74 Å². The molecule has 0 aliphatic carbocycles. The quantitative estimate of drug-likeness (QED) is 0.622. The fourth-order valence-corrected chi connectivity index (χ4v) is 1.63. The van der Waals surface area contributed by atoms with Gasteiger partial charge < -0.3 is 4.74 Å². The molecular formula is C15H10F2O3. The Kier molecular flexibility index (Phi) is 4.20. The molecule has 0 aliphatic rings. The van der Waals surface area contributed by atoms with E-state index < -0.39 is 17.4 Å². The SMILES string of the molecule is O=Cc1cc(F)cc(OCC(=O)c2cccc(F)c2)c1. The van der Waals surface area contributed by atoms with Crippen LogP contribution in [0.3, 0.4) is 0 Å². The molecule has 0 saturated carbocycles. The second-order valence-electron chi connectivity index (χ2n) is 4.06. The number of rotatable bonds is 5. The van der Waals surface area contributed by atoms with Gasteiger partial charge in [-0.15, -0.1) is 0 Å². The lowest BCUT2D eigenvalue weighted by Gasteiger charge is -2.06. The molecule has 0 radical (unpaired) electrons. The van der Waals surface area contributed by atoms with Crippen molar-refractivity contribution in [1.29, 1.82) is 0 Å². The van der Waals surface area contributed by atoms with Crippen LogP contribution in [0.4, 0.5) is 8.78 Å². The molecule has 0 bridgehead atoms. The van der Waals surface area contributed by atoms with Crippen molar-refractivity contribution in [3.63, 3.8) is 0 Å². The molecule has 0 spiro atoms. The molecule has 5 heteroatoms. The van der Waals surface area contributed by atoms with E-state index in [0.717, 1.165) is 18.2 Å². The maximum absolute atomic E-state index is 13.1. The zero-order valence-electron chi connectivity index (χ0n) is 10.3. The van der Waals surface area contributed by atoms with Crippen molar-refractivity contribution >= 4 is 12.1 Å². The summed E-state index contributed by atoms with van der Waals surface area (Å²) >= 11 is 0. The van der Waals surface area contributed by atoms with Crippen LogP contribution in [0.15, 0.2) is 42.5 Å². The van der Waals surface area contributed by atoms with Gasteiger partial charge in [-0.05, 0) is 24.3 Å². The minimum atomic E-state index is -0.636. The van der Waals surface area contributed by atoms with Gasteiger partial charge >= 0.3 is 0 Å². The number of ether oxygens (including phenoxy) is 1. The minimum absolute atomic E-state index is 0.0665. The molecule has 0 aliphatic heterocycles. The van der Waals surface area contributed by atoms with Gasteiger partial charge in [0.05, 0.1) is 0 Å². The first kappa shape index (κ1) is 13.9. The molecule has 2 aromatic rings. The zero-order valence-corrected chi connectivity index (χ0v) is 10.3. The van der Waals surface area contributed by atoms with Crippen molar-refractivity contribution in [1.82, 2.24) is 0 Å². The highest BCUT2D eigenvalue weighted by Gasteiger charge is 2.09. The second kappa shape index (κ2) is 6.06. The third-order valence-electron chi connectivity index (χ3n) is 2.55. The first-order chi connectivity index (χ1) is 9.58. The number of benzene rings is 2. The average Bonchev–Trinajstić information content (AvgIpc) is 2.44. The lowest BCUT2D eigenvalue weighted by atomic mass is 10.1. The van der Waals surface area contributed by atoms with Crippen LogP contribution in [-0.4, -0.2) is 18.7 Å². The average molecular weight is 276 g/mol. The summed E-state index contributed by atoms with van der Waals surface area (Å²) in [4.78, 5) is 22.3. The van der Waals surface area contributed by atoms with Gasteiger partial charge in [0.1, 0.15) is 23.7 Å². The van der Waals surface area contributed by atoms with E-state index in [-0.39, 0.29) is 23.5 Å². The highest BCUT2D eigenvalue weighted by atomic mass is 19.1. The van der Waals surface area contributed by atoms with E-state index in [1.165, 1.54) is 24.3 Å². The van der Waals surface area contributed by atoms with Crippen LogP contribution in [0, 0.1) is 11.6 Å². The normalized spacial score (nSPS) is 10.1. The Morgan fingerprint density at radius 3 is 2.60 bits per heavy atom. The van der Waals surface area contributed by atoms with Crippen LogP contribution < -0.4 is 4.74 Å². The van der Waals surface area contributed by atoms with Gasteiger partial charge in [-0.3, -0.25) is 9.59 Å². The summed E-state index contributed by atoms with van der Waals surface area (Å²) < 4.78 is 31.2. The Hall–Kier alpha value is -2.56. The molecule has 0 saturated heterocycles. The Labute approximate surface area is 113 Å². The van der Waals surface area contributed by atoms with Gasteiger partial charge in [0.15, 0.2) is 12.4 Å². The number of ketones is 1. The highest BCUT2D eigenvalue weighted by Crippen LogP contribution is 2.16. The monoisotopic (exact) mass is 276 g/mol. The summed E-state index contributed by atoms with van der Waals surface area (Å²) in [5, 5.41) is 0. The maximum atomic E-state index is 13.1. The first-order valence-corrected chi connectivity index (χ1v) is 5.76. The lowest BCUT2D eigenvalue weighted by Crippen LogP contribution is -2.12. The van der Waals surface area contributed by atoms with Crippen molar-refractivity contribution < 1.29 is 23.1 Å². The van der Waals surface area contributed by atoms with E-state index in [1.54, 1.807) is 0 Å². The second-order valence-corrected chi connectivity index (χ2v) is 4.06. The van der Waals surface area contributed by atoms with Gasteiger partial charge in [-0.25, -0.2) is 8.78 Å². The van der Waals surface area contributed by atoms with E-state index in [0.29, 0.717) is 6.29 Å². The first-order valence-electron chi connectivity index (χ1n) is 5.76. The van der Waals surface area contributed by atoms with Crippen molar-refractivity contribution in [2.45, 2.75) is 0 Å². The van der Waals surface area contributed by atoms with Gasteiger partial charge in [0.25, 0.3) is 0 Å². The molecule has 102 valence electrons. The number of carbonyl (C=O) groups is 2. The Bertz CT molecular complexity index is 653. The third kappa shape index (κ3) is 3.47. The lowest BCUT2D eigenvalue weighted by molar-refractivity contribution is 0.0920. The molecule has 0 unspecified atom stereocenters. The Balaban J connectivity index is 2.07. The number of carbonyl (C=O) groups excluding carboxylic acids is 2. The molecule has 0 aromatic heterocycles. The molecule has 0 atom stereocenters. The summed E-state index contributed by atoms with van der Waals surface area (Å²) in [5.74, 6) is -1.54. The van der Waals surface area contributed by atoms with Crippen LogP contribution in [-0.2, 0) is 0 Å². The number of hydrogen-bond acceptors (Lipinski definition) is 3. The summed E-state index contributed by atoms with van der Waals surface area (Å²) in [6, 6.07) is 8.61. The van der Waals surface area contributed by atoms with Crippen LogP contribution in [0.5, 0.6) is 5.75 Å². The van der Waals surface area contributed by atoms with Crippen molar-refractivity contribution in [2.24, 2.45) is 0 Å². The highest BCUT2D eigenvalue weighted by molar-refractivity contribution is 5.97. The van der Waals surface area contributed by atoms with Gasteiger partial charge in [0, 0.05) is 17.2 Å². The summed E-state index contributed by atoms with van der Waals surface area (Å²) in [5.41, 5.74) is 0.273. The number of Topliss-reactive ketones (excluding diaryl/α,β-unsaturated/α-hetero) is 1. The predicted molar refractivity (Wildman–Crippen MR) is 68.0 cm³/mol. The van der Waals surface area contributed by atoms with E-state index in [2.05, 4.69) is 0 Å². The molecule has 3 nitrogen and oxygen atoms in total. The molecule has 0 heterocycles. The number of aldehydes is 1. The van der Waals surface area contributed by atoms with E-state index >= 15 is 0 Å². The standard InChI is InChI=1S/C15H10F2O3/c16-12-3-1-2-11(6-12)15(19)9-20-14-5-10(8-18)4-13(17)7-14/h1-8H,9H2. The van der Waals surface area contributed by atoms with Gasteiger partial charge in [-0.1, -0.05) is 12.1 Å². The number of hydrogen-bond donors (Lipinski definition) is 0. The fraction of sp³-hybridized carbons (Fsp3) is 0.0667. The van der Waals surface area contributed by atoms with Gasteiger partial charge in [0.2, 0.25) is 0 Å². The Morgan fingerprint density at radius 2 is 1.90 bits per heavy atom. The van der Waals surface area contributed by atoms with Crippen LogP contribution >= 0.6 is 0 Å². The van der Waals surface area contributed by atoms with Crippen molar-refractivity contribution in [3.05, 3.63) is 65.2 Å². The minimum Gasteiger partial charge on any atom is -0.485 e. The van der Waals surface area contributed by atoms with E-state index in [9.17, 15) is 18.4 Å². The summed E-state index contributed by atoms with van der Waals surface area (Å²) in [6.45, 7) is -0.370. The maximum Gasteiger partial charge on any atom is 0.200 e. The third-order valence-corrected chi connectivity index (χ3v) is 2.55. The summed E-state index contributed by atoms with van der Waals surface area (Å²) in [6.07, 6.45) is 0.477. The molecule has 20 heavy (non-hydrogen) atoms. The van der Waals surface area contributed by atoms with E-state index in [1.807, 2.05) is 0 Å².